The standard InChI is InChI=1S/C12H21NO2/c1-8-6-10(12(14)15)11(13-7-8)9-4-2-3-5-9/h8-11,13H,2-7H2,1H3,(H,14,15). The minimum atomic E-state index is -0.606. The van der Waals surface area contributed by atoms with Gasteiger partial charge in [0.25, 0.3) is 0 Å². The molecule has 2 N–H and O–H groups in total. The molecule has 3 heteroatoms. The Hall–Kier alpha value is -0.570. The normalized spacial score (nSPS) is 38.1. The SMILES string of the molecule is CC1CNC(C2CCCC2)C(C(=O)O)C1. The van der Waals surface area contributed by atoms with Crippen molar-refractivity contribution in [2.24, 2.45) is 17.8 Å². The summed E-state index contributed by atoms with van der Waals surface area (Å²) in [5.41, 5.74) is 0. The lowest BCUT2D eigenvalue weighted by molar-refractivity contribution is -0.145. The van der Waals surface area contributed by atoms with Crippen LogP contribution in [-0.2, 0) is 4.79 Å². The second-order valence-corrected chi connectivity index (χ2v) is 5.26. The number of piperidine rings is 1. The van der Waals surface area contributed by atoms with Crippen molar-refractivity contribution in [2.75, 3.05) is 6.54 Å². The molecule has 86 valence electrons. The Balaban J connectivity index is 2.03. The van der Waals surface area contributed by atoms with E-state index in [1.165, 1.54) is 25.7 Å². The number of nitrogens with one attached hydrogen (secondary N) is 1. The molecule has 0 radical (unpaired) electrons. The Morgan fingerprint density at radius 2 is 2.00 bits per heavy atom. The number of carboxylic acid groups (broad SMARTS) is 1. The number of carbonyl (C=O) groups is 1. The fourth-order valence-electron chi connectivity index (χ4n) is 3.21. The molecule has 15 heavy (non-hydrogen) atoms. The zero-order chi connectivity index (χ0) is 10.8. The van der Waals surface area contributed by atoms with Crippen LogP contribution in [0.15, 0.2) is 0 Å². The van der Waals surface area contributed by atoms with E-state index in [2.05, 4.69) is 12.2 Å². The van der Waals surface area contributed by atoms with Crippen molar-refractivity contribution in [3.63, 3.8) is 0 Å². The largest absolute Gasteiger partial charge is 0.481 e. The minimum absolute atomic E-state index is 0.156. The average molecular weight is 211 g/mol. The predicted octanol–water partition coefficient (Wildman–Crippen LogP) is 1.88. The molecule has 0 bridgehead atoms. The molecule has 1 saturated carbocycles. The molecule has 0 aromatic heterocycles. The van der Waals surface area contributed by atoms with Gasteiger partial charge in [0, 0.05) is 6.04 Å². The maximum atomic E-state index is 11.2. The van der Waals surface area contributed by atoms with Gasteiger partial charge in [-0.15, -0.1) is 0 Å². The molecule has 2 fully saturated rings. The van der Waals surface area contributed by atoms with Crippen molar-refractivity contribution in [3.05, 3.63) is 0 Å². The second kappa shape index (κ2) is 4.52. The maximum Gasteiger partial charge on any atom is 0.308 e. The number of carboxylic acids is 1. The molecule has 0 aromatic carbocycles. The van der Waals surface area contributed by atoms with Gasteiger partial charge < -0.3 is 10.4 Å². The van der Waals surface area contributed by atoms with E-state index in [0.29, 0.717) is 11.8 Å². The topological polar surface area (TPSA) is 49.3 Å². The highest BCUT2D eigenvalue weighted by molar-refractivity contribution is 5.71. The molecular weight excluding hydrogens is 190 g/mol. The lowest BCUT2D eigenvalue weighted by atomic mass is 9.79. The summed E-state index contributed by atoms with van der Waals surface area (Å²) >= 11 is 0. The van der Waals surface area contributed by atoms with E-state index in [0.717, 1.165) is 13.0 Å². The third kappa shape index (κ3) is 2.33. The highest BCUT2D eigenvalue weighted by Crippen LogP contribution is 2.34. The average Bonchev–Trinajstić information content (AvgIpc) is 2.70. The molecule has 1 aliphatic heterocycles. The van der Waals surface area contributed by atoms with E-state index >= 15 is 0 Å². The van der Waals surface area contributed by atoms with Crippen LogP contribution in [0, 0.1) is 17.8 Å². The van der Waals surface area contributed by atoms with Crippen molar-refractivity contribution >= 4 is 5.97 Å². The van der Waals surface area contributed by atoms with Gasteiger partial charge in [-0.2, -0.15) is 0 Å². The zero-order valence-corrected chi connectivity index (χ0v) is 9.41. The van der Waals surface area contributed by atoms with E-state index in [1.807, 2.05) is 0 Å². The molecular formula is C12H21NO2. The van der Waals surface area contributed by atoms with Crippen LogP contribution in [0.25, 0.3) is 0 Å². The number of hydrogen-bond donors (Lipinski definition) is 2. The molecule has 1 aliphatic carbocycles. The van der Waals surface area contributed by atoms with Crippen LogP contribution in [0.2, 0.25) is 0 Å². The van der Waals surface area contributed by atoms with Gasteiger partial charge in [-0.25, -0.2) is 0 Å². The predicted molar refractivity (Wildman–Crippen MR) is 58.7 cm³/mol. The highest BCUT2D eigenvalue weighted by atomic mass is 16.4. The van der Waals surface area contributed by atoms with Gasteiger partial charge in [-0.1, -0.05) is 19.8 Å². The number of hydrogen-bond acceptors (Lipinski definition) is 2. The zero-order valence-electron chi connectivity index (χ0n) is 9.41. The van der Waals surface area contributed by atoms with Gasteiger partial charge in [0.05, 0.1) is 5.92 Å². The Morgan fingerprint density at radius 3 is 2.60 bits per heavy atom. The van der Waals surface area contributed by atoms with Crippen molar-refractivity contribution in [1.29, 1.82) is 0 Å². The summed E-state index contributed by atoms with van der Waals surface area (Å²) in [4.78, 5) is 11.2. The summed E-state index contributed by atoms with van der Waals surface area (Å²) in [7, 11) is 0. The Morgan fingerprint density at radius 1 is 1.33 bits per heavy atom. The minimum Gasteiger partial charge on any atom is -0.481 e. The third-order valence-corrected chi connectivity index (χ3v) is 4.02. The van der Waals surface area contributed by atoms with Gasteiger partial charge in [0.2, 0.25) is 0 Å². The lowest BCUT2D eigenvalue weighted by Crippen LogP contribution is -2.51. The van der Waals surface area contributed by atoms with E-state index < -0.39 is 5.97 Å². The highest BCUT2D eigenvalue weighted by Gasteiger charge is 2.38. The van der Waals surface area contributed by atoms with Crippen molar-refractivity contribution in [1.82, 2.24) is 5.32 Å². The number of aliphatic carboxylic acids is 1. The van der Waals surface area contributed by atoms with Crippen LogP contribution in [-0.4, -0.2) is 23.7 Å². The van der Waals surface area contributed by atoms with Gasteiger partial charge in [0.1, 0.15) is 0 Å². The fraction of sp³-hybridized carbons (Fsp3) is 0.917. The first kappa shape index (κ1) is 10.9. The summed E-state index contributed by atoms with van der Waals surface area (Å²) in [6, 6.07) is 0.237. The fourth-order valence-corrected chi connectivity index (χ4v) is 3.21. The molecule has 3 unspecified atom stereocenters. The van der Waals surface area contributed by atoms with Crippen LogP contribution in [0.5, 0.6) is 0 Å². The molecule has 0 amide bonds. The van der Waals surface area contributed by atoms with Crippen LogP contribution in [0.1, 0.15) is 39.0 Å². The van der Waals surface area contributed by atoms with Crippen LogP contribution in [0.3, 0.4) is 0 Å². The first-order valence-electron chi connectivity index (χ1n) is 6.14. The van der Waals surface area contributed by atoms with Gasteiger partial charge in [0.15, 0.2) is 0 Å². The van der Waals surface area contributed by atoms with E-state index in [4.69, 9.17) is 0 Å². The van der Waals surface area contributed by atoms with Crippen LogP contribution in [0.4, 0.5) is 0 Å². The summed E-state index contributed by atoms with van der Waals surface area (Å²) in [5, 5.41) is 12.7. The van der Waals surface area contributed by atoms with E-state index in [9.17, 15) is 9.90 Å². The first-order chi connectivity index (χ1) is 7.18. The van der Waals surface area contributed by atoms with Crippen molar-refractivity contribution in [2.45, 2.75) is 45.1 Å². The molecule has 0 aromatic rings. The summed E-state index contributed by atoms with van der Waals surface area (Å²) in [6.45, 7) is 3.12. The van der Waals surface area contributed by atoms with Gasteiger partial charge in [-0.05, 0) is 37.6 Å². The third-order valence-electron chi connectivity index (χ3n) is 4.02. The molecule has 1 heterocycles. The summed E-state index contributed by atoms with van der Waals surface area (Å²) in [6.07, 6.45) is 5.85. The molecule has 2 aliphatic rings. The maximum absolute atomic E-state index is 11.2. The number of rotatable bonds is 2. The van der Waals surface area contributed by atoms with Crippen LogP contribution >= 0.6 is 0 Å². The summed E-state index contributed by atoms with van der Waals surface area (Å²) < 4.78 is 0. The molecule has 0 spiro atoms. The first-order valence-corrected chi connectivity index (χ1v) is 6.14. The van der Waals surface area contributed by atoms with Crippen LogP contribution < -0.4 is 5.32 Å². The molecule has 1 saturated heterocycles. The molecule has 2 rings (SSSR count). The smallest absolute Gasteiger partial charge is 0.308 e. The lowest BCUT2D eigenvalue weighted by Gasteiger charge is -2.37. The van der Waals surface area contributed by atoms with Gasteiger partial charge >= 0.3 is 5.97 Å². The Labute approximate surface area is 91.2 Å². The molecule has 3 nitrogen and oxygen atoms in total. The van der Waals surface area contributed by atoms with Crippen molar-refractivity contribution in [3.8, 4) is 0 Å². The Bertz CT molecular complexity index is 236. The van der Waals surface area contributed by atoms with Gasteiger partial charge in [-0.3, -0.25) is 4.79 Å². The van der Waals surface area contributed by atoms with E-state index in [-0.39, 0.29) is 12.0 Å². The Kier molecular flexibility index (Phi) is 3.29. The van der Waals surface area contributed by atoms with E-state index in [1.54, 1.807) is 0 Å². The molecule has 3 atom stereocenters. The summed E-state index contributed by atoms with van der Waals surface area (Å²) in [5.74, 6) is 0.352. The van der Waals surface area contributed by atoms with Crippen molar-refractivity contribution < 1.29 is 9.90 Å². The quantitative estimate of drug-likeness (QED) is 0.733. The second-order valence-electron chi connectivity index (χ2n) is 5.26. The monoisotopic (exact) mass is 211 g/mol.